The maximum absolute atomic E-state index is 12.5. The molecule has 0 saturated carbocycles. The first-order valence-corrected chi connectivity index (χ1v) is 7.67. The van der Waals surface area contributed by atoms with Gasteiger partial charge in [-0.05, 0) is 42.0 Å². The quantitative estimate of drug-likeness (QED) is 0.658. The number of halogens is 3. The van der Waals surface area contributed by atoms with Crippen molar-refractivity contribution < 1.29 is 22.3 Å². The monoisotopic (exact) mass is 348 g/mol. The topological polar surface area (TPSA) is 48.2 Å². The van der Waals surface area contributed by atoms with Gasteiger partial charge in [-0.3, -0.25) is 0 Å². The highest BCUT2D eigenvalue weighted by molar-refractivity contribution is 5.53. The summed E-state index contributed by atoms with van der Waals surface area (Å²) in [5.74, 6) is 1.60. The molecule has 4 nitrogen and oxygen atoms in total. The number of nitrogens with zero attached hydrogens (tertiary/aromatic N) is 2. The largest absolute Gasteiger partial charge is 0.489 e. The van der Waals surface area contributed by atoms with Crippen LogP contribution in [0.1, 0.15) is 23.9 Å². The predicted octanol–water partition coefficient (Wildman–Crippen LogP) is 4.90. The Morgan fingerprint density at radius 3 is 2.20 bits per heavy atom. The summed E-state index contributed by atoms with van der Waals surface area (Å²) >= 11 is 0. The predicted molar refractivity (Wildman–Crippen MR) is 84.9 cm³/mol. The summed E-state index contributed by atoms with van der Waals surface area (Å²) in [5, 5.41) is 7.86. The standard InChI is InChI=1S/C18H15F3N2O2/c1-2-16-22-23-17(25-16)13-5-9-15(10-6-13)24-11-12-3-7-14(8-4-12)18(19,20)21/h3-10H,2,11H2,1H3. The van der Waals surface area contributed by atoms with E-state index >= 15 is 0 Å². The second-order valence-corrected chi connectivity index (χ2v) is 5.36. The third-order valence-electron chi connectivity index (χ3n) is 3.56. The molecule has 25 heavy (non-hydrogen) atoms. The molecule has 0 bridgehead atoms. The van der Waals surface area contributed by atoms with Crippen LogP contribution in [-0.4, -0.2) is 10.2 Å². The second kappa shape index (κ2) is 6.96. The van der Waals surface area contributed by atoms with E-state index in [1.807, 2.05) is 6.92 Å². The van der Waals surface area contributed by atoms with E-state index in [2.05, 4.69) is 10.2 Å². The molecule has 7 heteroatoms. The van der Waals surface area contributed by atoms with Crippen LogP contribution in [0.25, 0.3) is 11.5 Å². The maximum atomic E-state index is 12.5. The molecule has 0 unspecified atom stereocenters. The number of rotatable bonds is 5. The Hall–Kier alpha value is -2.83. The highest BCUT2D eigenvalue weighted by Gasteiger charge is 2.29. The molecule has 0 N–H and O–H groups in total. The minimum atomic E-state index is -4.33. The molecule has 0 fully saturated rings. The second-order valence-electron chi connectivity index (χ2n) is 5.36. The highest BCUT2D eigenvalue weighted by Crippen LogP contribution is 2.29. The number of hydrogen-bond acceptors (Lipinski definition) is 4. The van der Waals surface area contributed by atoms with Gasteiger partial charge in [0.15, 0.2) is 0 Å². The Bertz CT molecular complexity index is 825. The average molecular weight is 348 g/mol. The van der Waals surface area contributed by atoms with Gasteiger partial charge in [-0.2, -0.15) is 13.2 Å². The van der Waals surface area contributed by atoms with Crippen LogP contribution in [0.15, 0.2) is 52.9 Å². The smallest absolute Gasteiger partial charge is 0.416 e. The minimum absolute atomic E-state index is 0.179. The minimum Gasteiger partial charge on any atom is -0.489 e. The lowest BCUT2D eigenvalue weighted by molar-refractivity contribution is -0.137. The van der Waals surface area contributed by atoms with E-state index < -0.39 is 11.7 Å². The van der Waals surface area contributed by atoms with Gasteiger partial charge in [-0.15, -0.1) is 10.2 Å². The van der Waals surface area contributed by atoms with Crippen molar-refractivity contribution in [3.63, 3.8) is 0 Å². The van der Waals surface area contributed by atoms with E-state index in [0.717, 1.165) is 17.7 Å². The Morgan fingerprint density at radius 1 is 0.960 bits per heavy atom. The summed E-state index contributed by atoms with van der Waals surface area (Å²) in [6.45, 7) is 2.10. The lowest BCUT2D eigenvalue weighted by atomic mass is 10.1. The van der Waals surface area contributed by atoms with Crippen molar-refractivity contribution in [2.75, 3.05) is 0 Å². The lowest BCUT2D eigenvalue weighted by Gasteiger charge is -2.09. The number of benzene rings is 2. The third-order valence-corrected chi connectivity index (χ3v) is 3.56. The van der Waals surface area contributed by atoms with Crippen LogP contribution in [0.5, 0.6) is 5.75 Å². The summed E-state index contributed by atoms with van der Waals surface area (Å²) in [4.78, 5) is 0. The van der Waals surface area contributed by atoms with Gasteiger partial charge >= 0.3 is 6.18 Å². The van der Waals surface area contributed by atoms with Gasteiger partial charge in [0, 0.05) is 12.0 Å². The van der Waals surface area contributed by atoms with Gasteiger partial charge in [-0.1, -0.05) is 19.1 Å². The Labute approximate surface area is 142 Å². The first kappa shape index (κ1) is 17.0. The summed E-state index contributed by atoms with van der Waals surface area (Å²) in [6, 6.07) is 12.0. The van der Waals surface area contributed by atoms with Crippen molar-refractivity contribution in [1.82, 2.24) is 10.2 Å². The molecule has 0 amide bonds. The lowest BCUT2D eigenvalue weighted by Crippen LogP contribution is -2.05. The Balaban J connectivity index is 1.62. The fourth-order valence-corrected chi connectivity index (χ4v) is 2.16. The van der Waals surface area contributed by atoms with Crippen LogP contribution in [0.3, 0.4) is 0 Å². The summed E-state index contributed by atoms with van der Waals surface area (Å²) < 4.78 is 48.6. The first-order valence-electron chi connectivity index (χ1n) is 7.67. The van der Waals surface area contributed by atoms with Crippen LogP contribution in [0.4, 0.5) is 13.2 Å². The number of alkyl halides is 3. The van der Waals surface area contributed by atoms with E-state index in [0.29, 0.717) is 29.5 Å². The van der Waals surface area contributed by atoms with Gasteiger partial charge in [0.25, 0.3) is 0 Å². The molecule has 0 spiro atoms. The van der Waals surface area contributed by atoms with Crippen LogP contribution in [0, 0.1) is 0 Å². The third kappa shape index (κ3) is 4.17. The normalized spacial score (nSPS) is 11.5. The van der Waals surface area contributed by atoms with E-state index in [4.69, 9.17) is 9.15 Å². The average Bonchev–Trinajstić information content (AvgIpc) is 3.09. The van der Waals surface area contributed by atoms with Gasteiger partial charge in [0.05, 0.1) is 5.56 Å². The van der Waals surface area contributed by atoms with E-state index in [-0.39, 0.29) is 6.61 Å². The SMILES string of the molecule is CCc1nnc(-c2ccc(OCc3ccc(C(F)(F)F)cc3)cc2)o1. The van der Waals surface area contributed by atoms with Crippen LogP contribution in [-0.2, 0) is 19.2 Å². The highest BCUT2D eigenvalue weighted by atomic mass is 19.4. The molecular formula is C18H15F3N2O2. The Kier molecular flexibility index (Phi) is 4.74. The van der Waals surface area contributed by atoms with Crippen molar-refractivity contribution in [3.05, 3.63) is 65.5 Å². The molecule has 1 aromatic heterocycles. The van der Waals surface area contributed by atoms with Crippen molar-refractivity contribution >= 4 is 0 Å². The molecule has 0 aliphatic carbocycles. The van der Waals surface area contributed by atoms with E-state index in [1.54, 1.807) is 24.3 Å². The van der Waals surface area contributed by atoms with E-state index in [9.17, 15) is 13.2 Å². The summed E-state index contributed by atoms with van der Waals surface area (Å²) in [5.41, 5.74) is 0.752. The molecule has 0 aliphatic heterocycles. The molecule has 0 radical (unpaired) electrons. The van der Waals surface area contributed by atoms with Crippen molar-refractivity contribution in [3.8, 4) is 17.2 Å². The zero-order chi connectivity index (χ0) is 17.9. The summed E-state index contributed by atoms with van der Waals surface area (Å²) in [6.07, 6.45) is -3.66. The molecule has 3 aromatic rings. The summed E-state index contributed by atoms with van der Waals surface area (Å²) in [7, 11) is 0. The molecule has 3 rings (SSSR count). The zero-order valence-corrected chi connectivity index (χ0v) is 13.4. The maximum Gasteiger partial charge on any atom is 0.416 e. The fraction of sp³-hybridized carbons (Fsp3) is 0.222. The molecule has 130 valence electrons. The van der Waals surface area contributed by atoms with Gasteiger partial charge < -0.3 is 9.15 Å². The first-order chi connectivity index (χ1) is 12.0. The number of aromatic nitrogens is 2. The van der Waals surface area contributed by atoms with Gasteiger partial charge in [0.2, 0.25) is 11.8 Å². The van der Waals surface area contributed by atoms with Crippen LogP contribution >= 0.6 is 0 Å². The van der Waals surface area contributed by atoms with E-state index in [1.165, 1.54) is 12.1 Å². The Morgan fingerprint density at radius 2 is 1.64 bits per heavy atom. The number of aryl methyl sites for hydroxylation is 1. The molecule has 1 heterocycles. The fourth-order valence-electron chi connectivity index (χ4n) is 2.16. The number of ether oxygens (including phenoxy) is 1. The molecule has 2 aromatic carbocycles. The number of hydrogen-bond donors (Lipinski definition) is 0. The van der Waals surface area contributed by atoms with Crippen molar-refractivity contribution in [2.24, 2.45) is 0 Å². The molecule has 0 aliphatic rings. The van der Waals surface area contributed by atoms with Crippen LogP contribution < -0.4 is 4.74 Å². The van der Waals surface area contributed by atoms with Crippen LogP contribution in [0.2, 0.25) is 0 Å². The zero-order valence-electron chi connectivity index (χ0n) is 13.4. The van der Waals surface area contributed by atoms with Crippen molar-refractivity contribution in [2.45, 2.75) is 26.1 Å². The van der Waals surface area contributed by atoms with Gasteiger partial charge in [0.1, 0.15) is 12.4 Å². The molecule has 0 saturated heterocycles. The molecule has 0 atom stereocenters. The van der Waals surface area contributed by atoms with Crippen molar-refractivity contribution in [1.29, 1.82) is 0 Å². The molecular weight excluding hydrogens is 333 g/mol. The van der Waals surface area contributed by atoms with Gasteiger partial charge in [-0.25, -0.2) is 0 Å².